The Bertz CT molecular complexity index is 499. The molecule has 6 heteroatoms. The molecule has 0 aliphatic rings. The molecular formula is C9H4F2N2OS. The molecule has 0 bridgehead atoms. The van der Waals surface area contributed by atoms with Gasteiger partial charge in [-0.3, -0.25) is 4.79 Å². The topological polar surface area (TPSA) is 42.9 Å². The zero-order chi connectivity index (χ0) is 10.8. The van der Waals surface area contributed by atoms with Crippen LogP contribution in [-0.2, 0) is 0 Å². The van der Waals surface area contributed by atoms with Crippen molar-refractivity contribution < 1.29 is 13.6 Å². The summed E-state index contributed by atoms with van der Waals surface area (Å²) < 4.78 is 28.9. The van der Waals surface area contributed by atoms with Crippen molar-refractivity contribution in [3.63, 3.8) is 0 Å². The van der Waals surface area contributed by atoms with E-state index in [1.54, 1.807) is 0 Å². The van der Waals surface area contributed by atoms with Crippen LogP contribution in [0.5, 0.6) is 0 Å². The Labute approximate surface area is 87.5 Å². The predicted molar refractivity (Wildman–Crippen MR) is 49.7 cm³/mol. The van der Waals surface area contributed by atoms with Gasteiger partial charge in [-0.2, -0.15) is 0 Å². The largest absolute Gasteiger partial charge is 0.288 e. The highest BCUT2D eigenvalue weighted by Crippen LogP contribution is 2.14. The molecule has 3 nitrogen and oxygen atoms in total. The maximum absolute atomic E-state index is 12.8. The van der Waals surface area contributed by atoms with Crippen LogP contribution in [0, 0.1) is 11.6 Å². The highest BCUT2D eigenvalue weighted by molar-refractivity contribution is 7.08. The van der Waals surface area contributed by atoms with Crippen molar-refractivity contribution in [2.75, 3.05) is 0 Å². The number of nitrogens with zero attached hydrogens (tertiary/aromatic N) is 2. The molecule has 2 aromatic rings. The Morgan fingerprint density at radius 1 is 1.27 bits per heavy atom. The lowest BCUT2D eigenvalue weighted by Crippen LogP contribution is -2.00. The summed E-state index contributed by atoms with van der Waals surface area (Å²) in [4.78, 5) is 11.9. The van der Waals surface area contributed by atoms with E-state index in [1.807, 2.05) is 0 Å². The molecule has 0 saturated heterocycles. The molecule has 0 amide bonds. The SMILES string of the molecule is O=C(c1ccc(F)c(F)c1)c1cnns1. The molecule has 76 valence electrons. The number of rotatable bonds is 2. The fourth-order valence-corrected chi connectivity index (χ4v) is 1.52. The molecule has 2 rings (SSSR count). The molecular weight excluding hydrogens is 222 g/mol. The normalized spacial score (nSPS) is 10.3. The smallest absolute Gasteiger partial charge is 0.206 e. The lowest BCUT2D eigenvalue weighted by Gasteiger charge is -1.97. The number of carbonyl (C=O) groups excluding carboxylic acids is 1. The molecule has 0 atom stereocenters. The summed E-state index contributed by atoms with van der Waals surface area (Å²) in [7, 11) is 0. The number of hydrogen-bond acceptors (Lipinski definition) is 4. The first kappa shape index (κ1) is 9.85. The van der Waals surface area contributed by atoms with Gasteiger partial charge in [0.1, 0.15) is 4.88 Å². The van der Waals surface area contributed by atoms with E-state index in [4.69, 9.17) is 0 Å². The van der Waals surface area contributed by atoms with Crippen LogP contribution in [0.1, 0.15) is 15.2 Å². The molecule has 0 fully saturated rings. The van der Waals surface area contributed by atoms with Crippen LogP contribution in [0.15, 0.2) is 24.4 Å². The fraction of sp³-hybridized carbons (Fsp3) is 0. The second kappa shape index (κ2) is 3.82. The molecule has 0 unspecified atom stereocenters. The highest BCUT2D eigenvalue weighted by Gasteiger charge is 2.13. The lowest BCUT2D eigenvalue weighted by molar-refractivity contribution is 0.104. The Balaban J connectivity index is 2.39. The summed E-state index contributed by atoms with van der Waals surface area (Å²) >= 11 is 0.909. The van der Waals surface area contributed by atoms with Gasteiger partial charge in [0, 0.05) is 5.56 Å². The molecule has 0 aliphatic heterocycles. The number of benzene rings is 1. The summed E-state index contributed by atoms with van der Waals surface area (Å²) in [6.45, 7) is 0. The van der Waals surface area contributed by atoms with Crippen LogP contribution < -0.4 is 0 Å². The van der Waals surface area contributed by atoms with Gasteiger partial charge in [0.05, 0.1) is 6.20 Å². The van der Waals surface area contributed by atoms with Gasteiger partial charge in [-0.05, 0) is 29.7 Å². The van der Waals surface area contributed by atoms with E-state index in [0.717, 1.165) is 23.7 Å². The number of halogens is 2. The van der Waals surface area contributed by atoms with Gasteiger partial charge in [0.15, 0.2) is 11.6 Å². The molecule has 0 saturated carbocycles. The lowest BCUT2D eigenvalue weighted by atomic mass is 10.1. The second-order valence-electron chi connectivity index (χ2n) is 2.74. The number of aromatic nitrogens is 2. The molecule has 0 radical (unpaired) electrons. The number of hydrogen-bond donors (Lipinski definition) is 0. The van der Waals surface area contributed by atoms with Gasteiger partial charge >= 0.3 is 0 Å². The maximum atomic E-state index is 12.8. The third-order valence-corrected chi connectivity index (χ3v) is 2.43. The molecule has 1 heterocycles. The number of ketones is 1. The first-order valence-corrected chi connectivity index (χ1v) is 4.73. The average Bonchev–Trinajstić information content (AvgIpc) is 2.74. The standard InChI is InChI=1S/C9H4F2N2OS/c10-6-2-1-5(3-7(6)11)9(14)8-4-12-13-15-8/h1-4H. The summed E-state index contributed by atoms with van der Waals surface area (Å²) in [6, 6.07) is 2.99. The first-order valence-electron chi connectivity index (χ1n) is 3.95. The van der Waals surface area contributed by atoms with Crippen molar-refractivity contribution in [2.45, 2.75) is 0 Å². The van der Waals surface area contributed by atoms with E-state index >= 15 is 0 Å². The van der Waals surface area contributed by atoms with Crippen LogP contribution in [0.3, 0.4) is 0 Å². The summed E-state index contributed by atoms with van der Waals surface area (Å²) in [6.07, 6.45) is 1.29. The predicted octanol–water partition coefficient (Wildman–Crippen LogP) is 2.05. The first-order chi connectivity index (χ1) is 7.18. The monoisotopic (exact) mass is 226 g/mol. The molecule has 15 heavy (non-hydrogen) atoms. The van der Waals surface area contributed by atoms with Crippen LogP contribution in [0.25, 0.3) is 0 Å². The van der Waals surface area contributed by atoms with E-state index < -0.39 is 17.4 Å². The third kappa shape index (κ3) is 1.89. The van der Waals surface area contributed by atoms with Gasteiger partial charge in [-0.15, -0.1) is 5.10 Å². The maximum Gasteiger partial charge on any atom is 0.206 e. The zero-order valence-electron chi connectivity index (χ0n) is 7.28. The van der Waals surface area contributed by atoms with Crippen molar-refractivity contribution in [3.8, 4) is 0 Å². The van der Waals surface area contributed by atoms with Crippen LogP contribution in [0.2, 0.25) is 0 Å². The molecule has 0 aliphatic carbocycles. The van der Waals surface area contributed by atoms with E-state index in [9.17, 15) is 13.6 Å². The molecule has 0 N–H and O–H groups in total. The van der Waals surface area contributed by atoms with Crippen molar-refractivity contribution in [2.24, 2.45) is 0 Å². The zero-order valence-corrected chi connectivity index (χ0v) is 8.09. The Kier molecular flexibility index (Phi) is 2.51. The Hall–Kier alpha value is -1.69. The summed E-state index contributed by atoms with van der Waals surface area (Å²) in [5, 5.41) is 3.49. The van der Waals surface area contributed by atoms with E-state index in [-0.39, 0.29) is 5.56 Å². The number of carbonyl (C=O) groups is 1. The molecule has 0 spiro atoms. The Morgan fingerprint density at radius 3 is 2.67 bits per heavy atom. The third-order valence-electron chi connectivity index (χ3n) is 1.77. The molecule has 1 aromatic carbocycles. The van der Waals surface area contributed by atoms with Gasteiger partial charge in [-0.1, -0.05) is 4.49 Å². The minimum atomic E-state index is -1.04. The van der Waals surface area contributed by atoms with Crippen molar-refractivity contribution in [1.82, 2.24) is 9.59 Å². The minimum Gasteiger partial charge on any atom is -0.288 e. The van der Waals surface area contributed by atoms with E-state index in [2.05, 4.69) is 9.59 Å². The quantitative estimate of drug-likeness (QED) is 0.736. The summed E-state index contributed by atoms with van der Waals surface area (Å²) in [5.41, 5.74) is 0.0833. The van der Waals surface area contributed by atoms with Gasteiger partial charge in [0.25, 0.3) is 0 Å². The fourth-order valence-electron chi connectivity index (χ4n) is 1.05. The minimum absolute atomic E-state index is 0.0833. The van der Waals surface area contributed by atoms with Crippen LogP contribution in [-0.4, -0.2) is 15.4 Å². The Morgan fingerprint density at radius 2 is 2.07 bits per heavy atom. The van der Waals surface area contributed by atoms with Gasteiger partial charge in [0.2, 0.25) is 5.78 Å². The second-order valence-corrected chi connectivity index (χ2v) is 3.53. The highest BCUT2D eigenvalue weighted by atomic mass is 32.1. The average molecular weight is 226 g/mol. The van der Waals surface area contributed by atoms with Crippen LogP contribution >= 0.6 is 11.5 Å². The van der Waals surface area contributed by atoms with Crippen molar-refractivity contribution in [1.29, 1.82) is 0 Å². The van der Waals surface area contributed by atoms with Crippen LogP contribution in [0.4, 0.5) is 8.78 Å². The summed E-state index contributed by atoms with van der Waals surface area (Å²) in [5.74, 6) is -2.43. The van der Waals surface area contributed by atoms with Gasteiger partial charge < -0.3 is 0 Å². The van der Waals surface area contributed by atoms with Crippen molar-refractivity contribution in [3.05, 3.63) is 46.5 Å². The van der Waals surface area contributed by atoms with Gasteiger partial charge in [-0.25, -0.2) is 8.78 Å². The molecule has 1 aromatic heterocycles. The van der Waals surface area contributed by atoms with Crippen molar-refractivity contribution >= 4 is 17.3 Å². The van der Waals surface area contributed by atoms with E-state index in [1.165, 1.54) is 12.3 Å². The van der Waals surface area contributed by atoms with E-state index in [0.29, 0.717) is 4.88 Å².